The van der Waals surface area contributed by atoms with Crippen molar-refractivity contribution < 1.29 is 9.57 Å². The molecule has 0 aromatic heterocycles. The molecule has 1 aliphatic rings. The minimum atomic E-state index is 0.161. The summed E-state index contributed by atoms with van der Waals surface area (Å²) in [7, 11) is 0. The zero-order valence-electron chi connectivity index (χ0n) is 7.52. The van der Waals surface area contributed by atoms with Crippen molar-refractivity contribution in [1.82, 2.24) is 0 Å². The standard InChI is InChI=1S/C10H10ClNO2/c11-9-3-1-2-8(4-9)6-14-12-5-10-7-13-10/h1-5,10H,6-7H2/b12-5+. The fourth-order valence-electron chi connectivity index (χ4n) is 0.991. The van der Waals surface area contributed by atoms with Crippen LogP contribution in [-0.4, -0.2) is 18.9 Å². The molecule has 0 bridgehead atoms. The molecule has 14 heavy (non-hydrogen) atoms. The van der Waals surface area contributed by atoms with Gasteiger partial charge in [0.25, 0.3) is 0 Å². The molecule has 2 rings (SSSR count). The van der Waals surface area contributed by atoms with Crippen LogP contribution in [0.1, 0.15) is 5.56 Å². The first-order valence-electron chi connectivity index (χ1n) is 4.36. The van der Waals surface area contributed by atoms with Crippen LogP contribution in [0.15, 0.2) is 29.4 Å². The summed E-state index contributed by atoms with van der Waals surface area (Å²) >= 11 is 5.80. The van der Waals surface area contributed by atoms with Gasteiger partial charge in [-0.15, -0.1) is 0 Å². The van der Waals surface area contributed by atoms with Gasteiger partial charge in [0.15, 0.2) is 0 Å². The number of hydrogen-bond acceptors (Lipinski definition) is 3. The Morgan fingerprint density at radius 3 is 3.21 bits per heavy atom. The molecule has 1 atom stereocenters. The van der Waals surface area contributed by atoms with Gasteiger partial charge in [-0.3, -0.25) is 0 Å². The molecule has 3 nitrogen and oxygen atoms in total. The van der Waals surface area contributed by atoms with Crippen LogP contribution in [0.4, 0.5) is 0 Å². The number of ether oxygens (including phenoxy) is 1. The number of halogens is 1. The summed E-state index contributed by atoms with van der Waals surface area (Å²) in [5, 5.41) is 4.47. The number of nitrogens with zero attached hydrogens (tertiary/aromatic N) is 1. The number of oxime groups is 1. The second-order valence-electron chi connectivity index (χ2n) is 3.03. The van der Waals surface area contributed by atoms with E-state index >= 15 is 0 Å². The summed E-state index contributed by atoms with van der Waals surface area (Å²) in [5.41, 5.74) is 1.01. The first-order chi connectivity index (χ1) is 6.84. The maximum absolute atomic E-state index is 5.80. The van der Waals surface area contributed by atoms with Crippen LogP contribution in [0.5, 0.6) is 0 Å². The van der Waals surface area contributed by atoms with Crippen molar-refractivity contribution in [3.8, 4) is 0 Å². The van der Waals surface area contributed by atoms with Crippen LogP contribution in [0, 0.1) is 0 Å². The molecule has 1 saturated heterocycles. The topological polar surface area (TPSA) is 34.1 Å². The van der Waals surface area contributed by atoms with E-state index in [0.717, 1.165) is 12.2 Å². The molecule has 4 heteroatoms. The molecule has 1 aromatic carbocycles. The lowest BCUT2D eigenvalue weighted by molar-refractivity contribution is 0.131. The summed E-state index contributed by atoms with van der Waals surface area (Å²) in [4.78, 5) is 5.06. The lowest BCUT2D eigenvalue weighted by atomic mass is 10.2. The van der Waals surface area contributed by atoms with Crippen LogP contribution in [0.25, 0.3) is 0 Å². The lowest BCUT2D eigenvalue weighted by Crippen LogP contribution is -1.90. The summed E-state index contributed by atoms with van der Waals surface area (Å²) in [6.07, 6.45) is 1.82. The monoisotopic (exact) mass is 211 g/mol. The average Bonchev–Trinajstić information content (AvgIpc) is 2.96. The molecule has 1 fully saturated rings. The maximum Gasteiger partial charge on any atom is 0.142 e. The van der Waals surface area contributed by atoms with E-state index < -0.39 is 0 Å². The minimum absolute atomic E-state index is 0.161. The summed E-state index contributed by atoms with van der Waals surface area (Å²) < 4.78 is 4.93. The minimum Gasteiger partial charge on any atom is -0.391 e. The maximum atomic E-state index is 5.80. The van der Waals surface area contributed by atoms with E-state index in [-0.39, 0.29) is 6.10 Å². The van der Waals surface area contributed by atoms with Crippen LogP contribution >= 0.6 is 11.6 Å². The van der Waals surface area contributed by atoms with Crippen molar-refractivity contribution in [3.63, 3.8) is 0 Å². The first kappa shape index (κ1) is 9.49. The third-order valence-corrected chi connectivity index (χ3v) is 2.02. The zero-order chi connectivity index (χ0) is 9.80. The molecule has 0 radical (unpaired) electrons. The average molecular weight is 212 g/mol. The quantitative estimate of drug-likeness (QED) is 0.435. The van der Waals surface area contributed by atoms with Crippen molar-refractivity contribution in [2.24, 2.45) is 5.16 Å². The van der Waals surface area contributed by atoms with Crippen molar-refractivity contribution in [2.75, 3.05) is 6.61 Å². The van der Waals surface area contributed by atoms with E-state index in [1.165, 1.54) is 0 Å². The summed E-state index contributed by atoms with van der Waals surface area (Å²) in [6, 6.07) is 7.50. The number of benzene rings is 1. The van der Waals surface area contributed by atoms with Gasteiger partial charge in [-0.25, -0.2) is 0 Å². The molecule has 0 saturated carbocycles. The lowest BCUT2D eigenvalue weighted by Gasteiger charge is -1.99. The van der Waals surface area contributed by atoms with Gasteiger partial charge in [0.1, 0.15) is 12.7 Å². The highest BCUT2D eigenvalue weighted by Crippen LogP contribution is 2.11. The Kier molecular flexibility index (Phi) is 3.01. The van der Waals surface area contributed by atoms with Gasteiger partial charge in [0, 0.05) is 5.02 Å². The number of epoxide rings is 1. The largest absolute Gasteiger partial charge is 0.391 e. The Balaban J connectivity index is 1.79. The number of hydrogen-bond donors (Lipinski definition) is 0. The van der Waals surface area contributed by atoms with Crippen LogP contribution in [0.2, 0.25) is 5.02 Å². The summed E-state index contributed by atoms with van der Waals surface area (Å²) in [6.45, 7) is 1.19. The normalized spacial score (nSPS) is 19.9. The Morgan fingerprint density at radius 1 is 1.64 bits per heavy atom. The molecule has 1 heterocycles. The van der Waals surface area contributed by atoms with Crippen molar-refractivity contribution >= 4 is 17.8 Å². The van der Waals surface area contributed by atoms with E-state index in [1.807, 2.05) is 24.3 Å². The zero-order valence-corrected chi connectivity index (χ0v) is 8.28. The fourth-order valence-corrected chi connectivity index (χ4v) is 1.20. The molecular formula is C10H10ClNO2. The Morgan fingerprint density at radius 2 is 2.50 bits per heavy atom. The van der Waals surface area contributed by atoms with Gasteiger partial charge in [-0.05, 0) is 17.7 Å². The van der Waals surface area contributed by atoms with E-state index in [1.54, 1.807) is 6.21 Å². The molecule has 0 N–H and O–H groups in total. The highest BCUT2D eigenvalue weighted by Gasteiger charge is 2.19. The van der Waals surface area contributed by atoms with Gasteiger partial charge in [-0.1, -0.05) is 28.9 Å². The third-order valence-electron chi connectivity index (χ3n) is 1.78. The third kappa shape index (κ3) is 3.01. The van der Waals surface area contributed by atoms with Crippen molar-refractivity contribution in [3.05, 3.63) is 34.9 Å². The van der Waals surface area contributed by atoms with Gasteiger partial charge >= 0.3 is 0 Å². The predicted molar refractivity (Wildman–Crippen MR) is 54.5 cm³/mol. The van der Waals surface area contributed by atoms with E-state index in [9.17, 15) is 0 Å². The van der Waals surface area contributed by atoms with Gasteiger partial charge in [0.2, 0.25) is 0 Å². The molecule has 74 valence electrons. The van der Waals surface area contributed by atoms with E-state index in [0.29, 0.717) is 11.6 Å². The predicted octanol–water partition coefficient (Wildman–Crippen LogP) is 2.24. The molecule has 0 spiro atoms. The Hall–Kier alpha value is -1.06. The SMILES string of the molecule is Clc1cccc(CO/N=C/C2CO2)c1. The Labute approximate surface area is 87.3 Å². The van der Waals surface area contributed by atoms with Crippen molar-refractivity contribution in [1.29, 1.82) is 0 Å². The smallest absolute Gasteiger partial charge is 0.142 e. The number of rotatable bonds is 4. The van der Waals surface area contributed by atoms with Crippen LogP contribution in [0.3, 0.4) is 0 Å². The second-order valence-corrected chi connectivity index (χ2v) is 3.47. The highest BCUT2D eigenvalue weighted by atomic mass is 35.5. The highest BCUT2D eigenvalue weighted by molar-refractivity contribution is 6.30. The molecule has 1 aliphatic heterocycles. The first-order valence-corrected chi connectivity index (χ1v) is 4.74. The van der Waals surface area contributed by atoms with Crippen LogP contribution < -0.4 is 0 Å². The molecule has 1 aromatic rings. The van der Waals surface area contributed by atoms with E-state index in [2.05, 4.69) is 5.16 Å². The van der Waals surface area contributed by atoms with Gasteiger partial charge < -0.3 is 9.57 Å². The molecular weight excluding hydrogens is 202 g/mol. The van der Waals surface area contributed by atoms with Crippen molar-refractivity contribution in [2.45, 2.75) is 12.7 Å². The molecule has 0 aliphatic carbocycles. The van der Waals surface area contributed by atoms with Gasteiger partial charge in [0.05, 0.1) is 12.8 Å². The fraction of sp³-hybridized carbons (Fsp3) is 0.300. The Bertz CT molecular complexity index is 337. The van der Waals surface area contributed by atoms with E-state index in [4.69, 9.17) is 21.2 Å². The second kappa shape index (κ2) is 4.44. The van der Waals surface area contributed by atoms with Gasteiger partial charge in [-0.2, -0.15) is 0 Å². The van der Waals surface area contributed by atoms with Crippen LogP contribution in [-0.2, 0) is 16.2 Å². The molecule has 0 amide bonds. The molecule has 1 unspecified atom stereocenters. The summed E-state index contributed by atoms with van der Waals surface area (Å²) in [5.74, 6) is 0.